The van der Waals surface area contributed by atoms with Crippen LogP contribution in [0.15, 0.2) is 12.5 Å². The maximum atomic E-state index is 12.9. The maximum Gasteiger partial charge on any atom is 0.322 e. The van der Waals surface area contributed by atoms with E-state index in [1.807, 2.05) is 0 Å². The molecule has 2 heterocycles. The van der Waals surface area contributed by atoms with Gasteiger partial charge >= 0.3 is 5.97 Å². The van der Waals surface area contributed by atoms with Crippen LogP contribution in [0.1, 0.15) is 37.8 Å². The van der Waals surface area contributed by atoms with E-state index >= 15 is 0 Å². The first-order valence-corrected chi connectivity index (χ1v) is 10.4. The van der Waals surface area contributed by atoms with E-state index in [0.29, 0.717) is 45.2 Å². The van der Waals surface area contributed by atoms with Gasteiger partial charge < -0.3 is 37.1 Å². The first kappa shape index (κ1) is 24.3. The van der Waals surface area contributed by atoms with Gasteiger partial charge in [0.05, 0.1) is 12.4 Å². The standard InChI is InChI=1S/C19H31N7O5/c20-6-2-1-4-14(17(29)23-10-16(27)28)25-18(30)15-5-3-7-26(15)19(31)13(21)8-12-9-22-11-24-12/h9,11,13-15H,1-8,10,20-21H2,(H,22,24)(H,23,29)(H,25,30)(H,27,28). The molecule has 8 N–H and O–H groups in total. The van der Waals surface area contributed by atoms with Crippen molar-refractivity contribution < 1.29 is 24.3 Å². The maximum absolute atomic E-state index is 12.9. The zero-order valence-electron chi connectivity index (χ0n) is 17.4. The first-order chi connectivity index (χ1) is 14.8. The topological polar surface area (TPSA) is 197 Å². The number of amides is 3. The Hall–Kier alpha value is -2.99. The van der Waals surface area contributed by atoms with Crippen LogP contribution in [-0.2, 0) is 25.6 Å². The van der Waals surface area contributed by atoms with Gasteiger partial charge in [-0.25, -0.2) is 4.98 Å². The summed E-state index contributed by atoms with van der Waals surface area (Å²) in [6.45, 7) is 0.297. The van der Waals surface area contributed by atoms with E-state index in [9.17, 15) is 19.2 Å². The number of carboxylic acid groups (broad SMARTS) is 1. The second-order valence-electron chi connectivity index (χ2n) is 7.53. The van der Waals surface area contributed by atoms with E-state index < -0.39 is 42.5 Å². The fraction of sp³-hybridized carbons (Fsp3) is 0.632. The molecule has 0 spiro atoms. The number of likely N-dealkylation sites (tertiary alicyclic amines) is 1. The van der Waals surface area contributed by atoms with Gasteiger partial charge in [-0.05, 0) is 38.6 Å². The number of carbonyl (C=O) groups excluding carboxylic acids is 3. The fourth-order valence-electron chi connectivity index (χ4n) is 3.55. The molecule has 3 amide bonds. The van der Waals surface area contributed by atoms with Gasteiger partial charge in [0, 0.05) is 24.9 Å². The van der Waals surface area contributed by atoms with Crippen LogP contribution in [0, 0.1) is 0 Å². The van der Waals surface area contributed by atoms with Crippen LogP contribution in [-0.4, -0.2) is 81.4 Å². The van der Waals surface area contributed by atoms with E-state index in [1.165, 1.54) is 11.2 Å². The molecule has 3 atom stereocenters. The highest BCUT2D eigenvalue weighted by Crippen LogP contribution is 2.19. The number of hydrogen-bond donors (Lipinski definition) is 6. The Bertz CT molecular complexity index is 755. The average molecular weight is 438 g/mol. The average Bonchev–Trinajstić information content (AvgIpc) is 3.42. The van der Waals surface area contributed by atoms with Gasteiger partial charge in [-0.2, -0.15) is 0 Å². The van der Waals surface area contributed by atoms with E-state index in [2.05, 4.69) is 20.6 Å². The lowest BCUT2D eigenvalue weighted by Gasteiger charge is -2.28. The van der Waals surface area contributed by atoms with Crippen molar-refractivity contribution in [3.8, 4) is 0 Å². The lowest BCUT2D eigenvalue weighted by molar-refractivity contribution is -0.141. The number of rotatable bonds is 12. The number of nitrogens with one attached hydrogen (secondary N) is 3. The lowest BCUT2D eigenvalue weighted by Crippen LogP contribution is -2.55. The van der Waals surface area contributed by atoms with Gasteiger partial charge in [-0.15, -0.1) is 0 Å². The Morgan fingerprint density at radius 3 is 2.74 bits per heavy atom. The number of hydrogen-bond acceptors (Lipinski definition) is 7. The summed E-state index contributed by atoms with van der Waals surface area (Å²) in [5.74, 6) is -2.57. The van der Waals surface area contributed by atoms with Crippen molar-refractivity contribution in [1.29, 1.82) is 0 Å². The minimum Gasteiger partial charge on any atom is -0.480 e. The second kappa shape index (κ2) is 12.0. The monoisotopic (exact) mass is 437 g/mol. The number of aromatic nitrogens is 2. The lowest BCUT2D eigenvalue weighted by atomic mass is 10.1. The van der Waals surface area contributed by atoms with Gasteiger partial charge in [0.2, 0.25) is 17.7 Å². The van der Waals surface area contributed by atoms with Crippen molar-refractivity contribution in [3.63, 3.8) is 0 Å². The van der Waals surface area contributed by atoms with Gasteiger partial charge in [0.1, 0.15) is 18.6 Å². The molecule has 2 rings (SSSR count). The molecule has 0 saturated carbocycles. The summed E-state index contributed by atoms with van der Waals surface area (Å²) < 4.78 is 0. The molecule has 0 bridgehead atoms. The quantitative estimate of drug-likeness (QED) is 0.203. The van der Waals surface area contributed by atoms with E-state index in [4.69, 9.17) is 16.6 Å². The molecule has 1 aromatic heterocycles. The molecule has 12 nitrogen and oxygen atoms in total. The number of unbranched alkanes of at least 4 members (excludes halogenated alkanes) is 1. The number of carboxylic acids is 1. The molecule has 172 valence electrons. The van der Waals surface area contributed by atoms with Crippen LogP contribution in [0.5, 0.6) is 0 Å². The largest absolute Gasteiger partial charge is 0.480 e. The number of H-pyrrole nitrogens is 1. The molecule has 3 unspecified atom stereocenters. The molecule has 1 aliphatic rings. The van der Waals surface area contributed by atoms with Crippen LogP contribution in [0.4, 0.5) is 0 Å². The molecular weight excluding hydrogens is 406 g/mol. The highest BCUT2D eigenvalue weighted by molar-refractivity contribution is 5.94. The Labute approximate surface area is 180 Å². The Kier molecular flexibility index (Phi) is 9.40. The second-order valence-corrected chi connectivity index (χ2v) is 7.53. The summed E-state index contributed by atoms with van der Waals surface area (Å²) in [6, 6.07) is -2.47. The van der Waals surface area contributed by atoms with Crippen molar-refractivity contribution in [1.82, 2.24) is 25.5 Å². The van der Waals surface area contributed by atoms with Crippen LogP contribution in [0.25, 0.3) is 0 Å². The fourth-order valence-corrected chi connectivity index (χ4v) is 3.55. The zero-order valence-corrected chi connectivity index (χ0v) is 17.4. The summed E-state index contributed by atoms with van der Waals surface area (Å²) in [6.07, 6.45) is 6.02. The summed E-state index contributed by atoms with van der Waals surface area (Å²) >= 11 is 0. The van der Waals surface area contributed by atoms with Gasteiger partial charge in [-0.3, -0.25) is 19.2 Å². The predicted molar refractivity (Wildman–Crippen MR) is 110 cm³/mol. The number of nitrogens with zero attached hydrogens (tertiary/aromatic N) is 2. The van der Waals surface area contributed by atoms with E-state index in [0.717, 1.165) is 5.69 Å². The molecule has 1 fully saturated rings. The van der Waals surface area contributed by atoms with Crippen molar-refractivity contribution in [3.05, 3.63) is 18.2 Å². The molecular formula is C19H31N7O5. The zero-order chi connectivity index (χ0) is 22.8. The number of imidazole rings is 1. The summed E-state index contributed by atoms with van der Waals surface area (Å²) in [5.41, 5.74) is 12.3. The van der Waals surface area contributed by atoms with Crippen LogP contribution < -0.4 is 22.1 Å². The minimum atomic E-state index is -1.18. The molecule has 1 aromatic rings. The van der Waals surface area contributed by atoms with Crippen LogP contribution in [0.2, 0.25) is 0 Å². The van der Waals surface area contributed by atoms with Gasteiger partial charge in [0.25, 0.3) is 0 Å². The Balaban J connectivity index is 2.00. The predicted octanol–water partition coefficient (Wildman–Crippen LogP) is -1.91. The Morgan fingerprint density at radius 1 is 1.32 bits per heavy atom. The molecule has 0 aromatic carbocycles. The Morgan fingerprint density at radius 2 is 2.10 bits per heavy atom. The molecule has 12 heteroatoms. The molecule has 1 saturated heterocycles. The van der Waals surface area contributed by atoms with E-state index in [1.54, 1.807) is 6.20 Å². The summed E-state index contributed by atoms with van der Waals surface area (Å²) in [4.78, 5) is 57.1. The SMILES string of the molecule is NCCCCC(NC(=O)C1CCCN1C(=O)C(N)Cc1cnc[nH]1)C(=O)NCC(=O)O. The van der Waals surface area contributed by atoms with Gasteiger partial charge in [-0.1, -0.05) is 0 Å². The van der Waals surface area contributed by atoms with Crippen molar-refractivity contribution >= 4 is 23.7 Å². The smallest absolute Gasteiger partial charge is 0.322 e. The molecule has 1 aliphatic heterocycles. The first-order valence-electron chi connectivity index (χ1n) is 10.4. The van der Waals surface area contributed by atoms with Crippen molar-refractivity contribution in [2.24, 2.45) is 11.5 Å². The molecule has 31 heavy (non-hydrogen) atoms. The highest BCUT2D eigenvalue weighted by Gasteiger charge is 2.37. The number of aromatic amines is 1. The van der Waals surface area contributed by atoms with Crippen molar-refractivity contribution in [2.45, 2.75) is 56.7 Å². The minimum absolute atomic E-state index is 0.267. The van der Waals surface area contributed by atoms with E-state index in [-0.39, 0.29) is 12.3 Å². The molecule has 0 radical (unpaired) electrons. The normalized spacial score (nSPS) is 17.7. The van der Waals surface area contributed by atoms with Gasteiger partial charge in [0.15, 0.2) is 0 Å². The number of nitrogens with two attached hydrogens (primary N) is 2. The summed E-state index contributed by atoms with van der Waals surface area (Å²) in [7, 11) is 0. The third-order valence-electron chi connectivity index (χ3n) is 5.14. The van der Waals surface area contributed by atoms with Crippen LogP contribution in [0.3, 0.4) is 0 Å². The highest BCUT2D eigenvalue weighted by atomic mass is 16.4. The third-order valence-corrected chi connectivity index (χ3v) is 5.14. The number of carbonyl (C=O) groups is 4. The number of aliphatic carboxylic acids is 1. The molecule has 0 aliphatic carbocycles. The van der Waals surface area contributed by atoms with Crippen LogP contribution >= 0.6 is 0 Å². The third kappa shape index (κ3) is 7.33. The summed E-state index contributed by atoms with van der Waals surface area (Å²) in [5, 5.41) is 13.7. The van der Waals surface area contributed by atoms with Crippen molar-refractivity contribution in [2.75, 3.05) is 19.6 Å².